The highest BCUT2D eigenvalue weighted by molar-refractivity contribution is 5.15. The first-order chi connectivity index (χ1) is 8.85. The van der Waals surface area contributed by atoms with Crippen LogP contribution >= 0.6 is 0 Å². The maximum Gasteiger partial charge on any atom is 0.0467 e. The van der Waals surface area contributed by atoms with Crippen LogP contribution in [0.15, 0.2) is 30.3 Å². The summed E-state index contributed by atoms with van der Waals surface area (Å²) in [6.07, 6.45) is 6.29. The maximum absolute atomic E-state index is 5.30. The van der Waals surface area contributed by atoms with Gasteiger partial charge in [0, 0.05) is 13.7 Å². The molecule has 0 aliphatic carbocycles. The van der Waals surface area contributed by atoms with E-state index in [0.717, 1.165) is 6.61 Å². The number of rotatable bonds is 6. The van der Waals surface area contributed by atoms with E-state index < -0.39 is 0 Å². The van der Waals surface area contributed by atoms with Gasteiger partial charge in [-0.15, -0.1) is 0 Å². The number of nitrogens with one attached hydrogen (secondary N) is 1. The van der Waals surface area contributed by atoms with Gasteiger partial charge < -0.3 is 10.1 Å². The Bertz CT molecular complexity index is 330. The summed E-state index contributed by atoms with van der Waals surface area (Å²) in [5, 5.41) is 3.47. The van der Waals surface area contributed by atoms with E-state index in [-0.39, 0.29) is 0 Å². The van der Waals surface area contributed by atoms with E-state index in [0.29, 0.717) is 5.41 Å². The van der Waals surface area contributed by atoms with Crippen LogP contribution in [0.3, 0.4) is 0 Å². The molecule has 1 fully saturated rings. The van der Waals surface area contributed by atoms with Crippen molar-refractivity contribution in [1.29, 1.82) is 0 Å². The van der Waals surface area contributed by atoms with Crippen LogP contribution in [0, 0.1) is 5.41 Å². The predicted octanol–water partition coefficient (Wildman–Crippen LogP) is 3.03. The Morgan fingerprint density at radius 1 is 1.11 bits per heavy atom. The summed E-state index contributed by atoms with van der Waals surface area (Å²) in [5.41, 5.74) is 1.96. The number of benzene rings is 1. The molecule has 1 aliphatic rings. The number of aryl methyl sites for hydroxylation is 1. The van der Waals surface area contributed by atoms with Crippen molar-refractivity contribution in [2.75, 3.05) is 26.8 Å². The van der Waals surface area contributed by atoms with Crippen LogP contribution < -0.4 is 5.32 Å². The number of hydrogen-bond acceptors (Lipinski definition) is 2. The first kappa shape index (κ1) is 13.6. The topological polar surface area (TPSA) is 21.3 Å². The van der Waals surface area contributed by atoms with Crippen molar-refractivity contribution in [2.24, 2.45) is 5.41 Å². The minimum absolute atomic E-state index is 0.497. The van der Waals surface area contributed by atoms with Gasteiger partial charge in [0.1, 0.15) is 0 Å². The second-order valence-corrected chi connectivity index (χ2v) is 5.48. The van der Waals surface area contributed by atoms with E-state index in [1.54, 1.807) is 0 Å². The maximum atomic E-state index is 5.30. The minimum Gasteiger partial charge on any atom is -0.385 e. The molecule has 1 aliphatic heterocycles. The zero-order valence-electron chi connectivity index (χ0n) is 11.5. The molecule has 1 aromatic carbocycles. The second kappa shape index (κ2) is 6.91. The first-order valence-electron chi connectivity index (χ1n) is 7.08. The summed E-state index contributed by atoms with van der Waals surface area (Å²) in [5.74, 6) is 0. The molecular formula is C16H25NO. The molecule has 100 valence electrons. The Morgan fingerprint density at radius 2 is 1.83 bits per heavy atom. The summed E-state index contributed by atoms with van der Waals surface area (Å²) in [4.78, 5) is 0. The van der Waals surface area contributed by atoms with Crippen molar-refractivity contribution < 1.29 is 4.74 Å². The molecule has 0 saturated carbocycles. The van der Waals surface area contributed by atoms with Crippen molar-refractivity contribution >= 4 is 0 Å². The molecular weight excluding hydrogens is 222 g/mol. The molecule has 18 heavy (non-hydrogen) atoms. The third-order valence-electron chi connectivity index (χ3n) is 4.29. The lowest BCUT2D eigenvalue weighted by atomic mass is 9.72. The number of methoxy groups -OCH3 is 1. The van der Waals surface area contributed by atoms with E-state index in [2.05, 4.69) is 35.6 Å². The van der Waals surface area contributed by atoms with Gasteiger partial charge in [0.15, 0.2) is 0 Å². The van der Waals surface area contributed by atoms with Gasteiger partial charge in [0.25, 0.3) is 0 Å². The summed E-state index contributed by atoms with van der Waals surface area (Å²) in [6.45, 7) is 3.23. The van der Waals surface area contributed by atoms with Gasteiger partial charge >= 0.3 is 0 Å². The second-order valence-electron chi connectivity index (χ2n) is 5.48. The Morgan fingerprint density at radius 3 is 2.50 bits per heavy atom. The van der Waals surface area contributed by atoms with Gasteiger partial charge in [0.2, 0.25) is 0 Å². The number of piperidine rings is 1. The Hall–Kier alpha value is -0.860. The van der Waals surface area contributed by atoms with Gasteiger partial charge in [-0.1, -0.05) is 30.3 Å². The minimum atomic E-state index is 0.497. The van der Waals surface area contributed by atoms with Crippen molar-refractivity contribution in [2.45, 2.75) is 32.1 Å². The fourth-order valence-corrected chi connectivity index (χ4v) is 2.95. The van der Waals surface area contributed by atoms with Gasteiger partial charge in [-0.25, -0.2) is 0 Å². The molecule has 1 saturated heterocycles. The van der Waals surface area contributed by atoms with Crippen molar-refractivity contribution in [3.63, 3.8) is 0 Å². The van der Waals surface area contributed by atoms with Crippen LogP contribution in [0.5, 0.6) is 0 Å². The van der Waals surface area contributed by atoms with Gasteiger partial charge in [-0.2, -0.15) is 0 Å². The highest BCUT2D eigenvalue weighted by Crippen LogP contribution is 2.37. The smallest absolute Gasteiger partial charge is 0.0467 e. The van der Waals surface area contributed by atoms with Crippen molar-refractivity contribution in [3.05, 3.63) is 35.9 Å². The third-order valence-corrected chi connectivity index (χ3v) is 4.29. The molecule has 1 aromatic rings. The lowest BCUT2D eigenvalue weighted by Crippen LogP contribution is -2.37. The quantitative estimate of drug-likeness (QED) is 0.834. The van der Waals surface area contributed by atoms with E-state index in [1.165, 1.54) is 50.8 Å². The van der Waals surface area contributed by atoms with Crippen LogP contribution in [-0.2, 0) is 11.2 Å². The van der Waals surface area contributed by atoms with Crippen molar-refractivity contribution in [3.8, 4) is 0 Å². The third kappa shape index (κ3) is 3.82. The lowest BCUT2D eigenvalue weighted by Gasteiger charge is -2.38. The molecule has 1 heterocycles. The largest absolute Gasteiger partial charge is 0.385 e. The van der Waals surface area contributed by atoms with Gasteiger partial charge in [-0.05, 0) is 56.2 Å². The molecule has 0 spiro atoms. The summed E-state index contributed by atoms with van der Waals surface area (Å²) < 4.78 is 5.30. The monoisotopic (exact) mass is 247 g/mol. The highest BCUT2D eigenvalue weighted by Gasteiger charge is 2.31. The fraction of sp³-hybridized carbons (Fsp3) is 0.625. The fourth-order valence-electron chi connectivity index (χ4n) is 2.95. The molecule has 0 atom stereocenters. The van der Waals surface area contributed by atoms with Gasteiger partial charge in [0.05, 0.1) is 0 Å². The molecule has 2 rings (SSSR count). The Labute approximate surface area is 111 Å². The normalized spacial score (nSPS) is 18.7. The average Bonchev–Trinajstić information content (AvgIpc) is 2.45. The van der Waals surface area contributed by atoms with E-state index in [9.17, 15) is 0 Å². The summed E-state index contributed by atoms with van der Waals surface area (Å²) in [6, 6.07) is 10.9. The summed E-state index contributed by atoms with van der Waals surface area (Å²) in [7, 11) is 1.81. The SMILES string of the molecule is COCCC1(CCc2ccccc2)CCNCC1. The molecule has 0 radical (unpaired) electrons. The molecule has 0 aromatic heterocycles. The molecule has 0 amide bonds. The molecule has 2 nitrogen and oxygen atoms in total. The molecule has 0 bridgehead atoms. The Kier molecular flexibility index (Phi) is 5.21. The van der Waals surface area contributed by atoms with Crippen LogP contribution in [-0.4, -0.2) is 26.8 Å². The van der Waals surface area contributed by atoms with Crippen LogP contribution in [0.4, 0.5) is 0 Å². The predicted molar refractivity (Wildman–Crippen MR) is 75.8 cm³/mol. The first-order valence-corrected chi connectivity index (χ1v) is 7.08. The number of ether oxygens (including phenoxy) is 1. The molecule has 2 heteroatoms. The van der Waals surface area contributed by atoms with Crippen LogP contribution in [0.1, 0.15) is 31.2 Å². The van der Waals surface area contributed by atoms with Gasteiger partial charge in [-0.3, -0.25) is 0 Å². The zero-order valence-corrected chi connectivity index (χ0v) is 11.5. The average molecular weight is 247 g/mol. The van der Waals surface area contributed by atoms with Crippen LogP contribution in [0.2, 0.25) is 0 Å². The molecule has 0 unspecified atom stereocenters. The lowest BCUT2D eigenvalue weighted by molar-refractivity contribution is 0.101. The van der Waals surface area contributed by atoms with Crippen molar-refractivity contribution in [1.82, 2.24) is 5.32 Å². The van der Waals surface area contributed by atoms with Crippen LogP contribution in [0.25, 0.3) is 0 Å². The van der Waals surface area contributed by atoms with E-state index in [1.807, 2.05) is 7.11 Å². The Balaban J connectivity index is 1.92. The standard InChI is InChI=1S/C16H25NO/c1-18-14-11-16(9-12-17-13-10-16)8-7-15-5-3-2-4-6-15/h2-6,17H,7-14H2,1H3. The zero-order chi connectivity index (χ0) is 12.7. The summed E-state index contributed by atoms with van der Waals surface area (Å²) >= 11 is 0. The highest BCUT2D eigenvalue weighted by atomic mass is 16.5. The number of hydrogen-bond donors (Lipinski definition) is 1. The van der Waals surface area contributed by atoms with E-state index in [4.69, 9.17) is 4.74 Å². The molecule has 1 N–H and O–H groups in total. The van der Waals surface area contributed by atoms with E-state index >= 15 is 0 Å².